The van der Waals surface area contributed by atoms with Crippen LogP contribution < -0.4 is 10.2 Å². The second-order valence-electron chi connectivity index (χ2n) is 7.75. The Hall–Kier alpha value is -3.08. The lowest BCUT2D eigenvalue weighted by Crippen LogP contribution is -2.50. The van der Waals surface area contributed by atoms with Gasteiger partial charge in [-0.2, -0.15) is 5.26 Å². The highest BCUT2D eigenvalue weighted by Gasteiger charge is 2.35. The Balaban J connectivity index is 0.00000272. The van der Waals surface area contributed by atoms with Crippen molar-refractivity contribution < 1.29 is 14.3 Å². The Kier molecular flexibility index (Phi) is 7.16. The Labute approximate surface area is 188 Å². The second kappa shape index (κ2) is 9.82. The van der Waals surface area contributed by atoms with Gasteiger partial charge in [0.1, 0.15) is 6.61 Å². The van der Waals surface area contributed by atoms with Crippen LogP contribution in [0.3, 0.4) is 0 Å². The number of carbonyl (C=O) groups excluding carboxylic acids is 2. The molecule has 2 aliphatic heterocycles. The zero-order valence-corrected chi connectivity index (χ0v) is 18.2. The normalized spacial score (nSPS) is 16.5. The van der Waals surface area contributed by atoms with E-state index in [-0.39, 0.29) is 30.4 Å². The summed E-state index contributed by atoms with van der Waals surface area (Å²) in [6.07, 6.45) is 1.29. The number of fused-ring (bicyclic) bond motifs is 1. The Morgan fingerprint density at radius 2 is 1.90 bits per heavy atom. The molecule has 1 N–H and O–H groups in total. The van der Waals surface area contributed by atoms with Crippen LogP contribution in [0.15, 0.2) is 42.5 Å². The summed E-state index contributed by atoms with van der Waals surface area (Å²) in [4.78, 5) is 28.8. The molecule has 0 radical (unpaired) electrons. The number of likely N-dealkylation sites (tertiary alicyclic amines) is 1. The molecular weight excluding hydrogens is 416 g/mol. The van der Waals surface area contributed by atoms with E-state index in [1.165, 1.54) is 0 Å². The molecule has 2 aliphatic rings. The van der Waals surface area contributed by atoms with Crippen molar-refractivity contribution in [3.05, 3.63) is 59.2 Å². The molecule has 1 fully saturated rings. The highest BCUT2D eigenvalue weighted by atomic mass is 35.5. The molecule has 2 heterocycles. The lowest BCUT2D eigenvalue weighted by Gasteiger charge is -2.40. The monoisotopic (exact) mass is 440 g/mol. The molecule has 2 aromatic carbocycles. The first-order valence-electron chi connectivity index (χ1n) is 10.1. The van der Waals surface area contributed by atoms with E-state index in [2.05, 4.69) is 16.3 Å². The molecule has 0 spiro atoms. The summed E-state index contributed by atoms with van der Waals surface area (Å²) < 4.78 is 5.39. The minimum absolute atomic E-state index is 0. The van der Waals surface area contributed by atoms with Crippen molar-refractivity contribution in [3.63, 3.8) is 0 Å². The fourth-order valence-corrected chi connectivity index (χ4v) is 4.18. The van der Waals surface area contributed by atoms with Crippen LogP contribution in [0.25, 0.3) is 0 Å². The number of benzene rings is 2. The maximum absolute atomic E-state index is 12.5. The minimum Gasteiger partial charge on any atom is -0.444 e. The third-order valence-corrected chi connectivity index (χ3v) is 5.70. The van der Waals surface area contributed by atoms with Crippen LogP contribution in [0.4, 0.5) is 16.2 Å². The van der Waals surface area contributed by atoms with Crippen molar-refractivity contribution in [2.24, 2.45) is 0 Å². The summed E-state index contributed by atoms with van der Waals surface area (Å²) in [6.45, 7) is 4.10. The number of anilines is 2. The van der Waals surface area contributed by atoms with Crippen molar-refractivity contribution in [2.75, 3.05) is 29.9 Å². The molecule has 0 bridgehead atoms. The summed E-state index contributed by atoms with van der Waals surface area (Å²) in [6, 6.07) is 14.9. The quantitative estimate of drug-likeness (QED) is 0.780. The Bertz CT molecular complexity index is 995. The number of halogens is 1. The average molecular weight is 441 g/mol. The maximum atomic E-state index is 12.5. The van der Waals surface area contributed by atoms with Gasteiger partial charge in [0.15, 0.2) is 0 Å². The van der Waals surface area contributed by atoms with E-state index in [1.54, 1.807) is 24.3 Å². The first kappa shape index (κ1) is 22.6. The van der Waals surface area contributed by atoms with Gasteiger partial charge in [-0.3, -0.25) is 14.6 Å². The number of nitriles is 1. The predicted molar refractivity (Wildman–Crippen MR) is 120 cm³/mol. The molecule has 162 valence electrons. The Morgan fingerprint density at radius 1 is 1.19 bits per heavy atom. The van der Waals surface area contributed by atoms with Gasteiger partial charge in [0.25, 0.3) is 0 Å². The van der Waals surface area contributed by atoms with Crippen molar-refractivity contribution >= 4 is 35.8 Å². The number of cyclic esters (lactones) is 1. The molecule has 1 saturated heterocycles. The summed E-state index contributed by atoms with van der Waals surface area (Å²) in [7, 11) is 0. The zero-order chi connectivity index (χ0) is 21.1. The van der Waals surface area contributed by atoms with Crippen LogP contribution in [0, 0.1) is 18.3 Å². The van der Waals surface area contributed by atoms with Gasteiger partial charge in [-0.25, -0.2) is 4.79 Å². The number of nitrogens with zero attached hydrogens (tertiary/aromatic N) is 3. The van der Waals surface area contributed by atoms with Gasteiger partial charge in [-0.1, -0.05) is 18.2 Å². The van der Waals surface area contributed by atoms with Crippen LogP contribution in [0.2, 0.25) is 0 Å². The molecule has 0 saturated carbocycles. The molecule has 0 aliphatic carbocycles. The number of para-hydroxylation sites is 1. The molecule has 0 atom stereocenters. The van der Waals surface area contributed by atoms with Crippen LogP contribution >= 0.6 is 12.4 Å². The molecule has 2 amide bonds. The number of amides is 2. The van der Waals surface area contributed by atoms with E-state index in [1.807, 2.05) is 30.0 Å². The first-order valence-corrected chi connectivity index (χ1v) is 10.1. The van der Waals surface area contributed by atoms with Gasteiger partial charge < -0.3 is 10.1 Å². The molecule has 4 rings (SSSR count). The van der Waals surface area contributed by atoms with Crippen molar-refractivity contribution in [2.45, 2.75) is 32.4 Å². The van der Waals surface area contributed by atoms with E-state index < -0.39 is 0 Å². The maximum Gasteiger partial charge on any atom is 0.414 e. The standard InChI is InChI=1S/C23H24N4O3.ClH/c1-16-3-2-4-18-15-30-23(29)27(22(16)18)20-9-11-26(12-10-20)14-21(28)25-19-7-5-17(13-24)6-8-19;/h2-8,20H,9-12,14-15H2,1H3,(H,25,28);1H. The number of rotatable bonds is 4. The van der Waals surface area contributed by atoms with Crippen molar-refractivity contribution in [1.29, 1.82) is 5.26 Å². The van der Waals surface area contributed by atoms with E-state index >= 15 is 0 Å². The van der Waals surface area contributed by atoms with Crippen LogP contribution in [-0.2, 0) is 16.1 Å². The third kappa shape index (κ3) is 4.98. The number of piperidine rings is 1. The van der Waals surface area contributed by atoms with Gasteiger partial charge in [-0.05, 0) is 49.6 Å². The number of ether oxygens (including phenoxy) is 1. The summed E-state index contributed by atoms with van der Waals surface area (Å²) in [5, 5.41) is 11.7. The smallest absolute Gasteiger partial charge is 0.414 e. The summed E-state index contributed by atoms with van der Waals surface area (Å²) in [5.41, 5.74) is 4.33. The topological polar surface area (TPSA) is 85.7 Å². The summed E-state index contributed by atoms with van der Waals surface area (Å²) >= 11 is 0. The van der Waals surface area contributed by atoms with Crippen LogP contribution in [-0.4, -0.2) is 42.6 Å². The molecule has 31 heavy (non-hydrogen) atoms. The molecular formula is C23H25ClN4O3. The van der Waals surface area contributed by atoms with E-state index in [9.17, 15) is 9.59 Å². The predicted octanol–water partition coefficient (Wildman–Crippen LogP) is 3.85. The van der Waals surface area contributed by atoms with Gasteiger partial charge in [0, 0.05) is 30.4 Å². The summed E-state index contributed by atoms with van der Waals surface area (Å²) in [5.74, 6) is -0.0864. The SMILES string of the molecule is Cc1cccc2c1N(C1CCN(CC(=O)Nc3ccc(C#N)cc3)CC1)C(=O)OC2.Cl. The largest absolute Gasteiger partial charge is 0.444 e. The zero-order valence-electron chi connectivity index (χ0n) is 17.3. The average Bonchev–Trinajstić information content (AvgIpc) is 2.75. The molecule has 7 nitrogen and oxygen atoms in total. The van der Waals surface area contributed by atoms with E-state index in [0.29, 0.717) is 24.4 Å². The van der Waals surface area contributed by atoms with Gasteiger partial charge >= 0.3 is 6.09 Å². The molecule has 0 aromatic heterocycles. The van der Waals surface area contributed by atoms with E-state index in [4.69, 9.17) is 10.00 Å². The van der Waals surface area contributed by atoms with Gasteiger partial charge in [-0.15, -0.1) is 12.4 Å². The Morgan fingerprint density at radius 3 is 2.58 bits per heavy atom. The molecule has 2 aromatic rings. The number of hydrogen-bond donors (Lipinski definition) is 1. The first-order chi connectivity index (χ1) is 14.5. The lowest BCUT2D eigenvalue weighted by atomic mass is 9.99. The highest BCUT2D eigenvalue weighted by molar-refractivity contribution is 5.93. The fourth-order valence-electron chi connectivity index (χ4n) is 4.18. The number of aryl methyl sites for hydroxylation is 1. The lowest BCUT2D eigenvalue weighted by molar-refractivity contribution is -0.117. The second-order valence-corrected chi connectivity index (χ2v) is 7.75. The van der Waals surface area contributed by atoms with E-state index in [0.717, 1.165) is 42.7 Å². The van der Waals surface area contributed by atoms with Crippen molar-refractivity contribution in [1.82, 2.24) is 4.90 Å². The highest BCUT2D eigenvalue weighted by Crippen LogP contribution is 2.34. The van der Waals surface area contributed by atoms with Gasteiger partial charge in [0.05, 0.1) is 23.9 Å². The minimum atomic E-state index is -0.284. The molecule has 8 heteroatoms. The molecule has 0 unspecified atom stereocenters. The number of hydrogen-bond acceptors (Lipinski definition) is 5. The van der Waals surface area contributed by atoms with Crippen LogP contribution in [0.5, 0.6) is 0 Å². The van der Waals surface area contributed by atoms with Gasteiger partial charge in [0.2, 0.25) is 5.91 Å². The van der Waals surface area contributed by atoms with Crippen molar-refractivity contribution in [3.8, 4) is 6.07 Å². The fraction of sp³-hybridized carbons (Fsp3) is 0.348. The van der Waals surface area contributed by atoms with Crippen LogP contribution in [0.1, 0.15) is 29.5 Å². The number of nitrogens with one attached hydrogen (secondary N) is 1. The third-order valence-electron chi connectivity index (χ3n) is 5.70. The number of carbonyl (C=O) groups is 2.